The van der Waals surface area contributed by atoms with E-state index in [4.69, 9.17) is 0 Å². The van der Waals surface area contributed by atoms with Crippen LogP contribution in [0, 0.1) is 13.8 Å². The molecule has 0 spiro atoms. The van der Waals surface area contributed by atoms with Crippen LogP contribution in [-0.4, -0.2) is 10.9 Å². The number of amides is 1. The Morgan fingerprint density at radius 3 is 2.59 bits per heavy atom. The number of halogens is 1. The van der Waals surface area contributed by atoms with Gasteiger partial charge in [0, 0.05) is 15.4 Å². The Bertz CT molecular complexity index is 874. The van der Waals surface area contributed by atoms with E-state index in [2.05, 4.69) is 26.2 Å². The van der Waals surface area contributed by atoms with Crippen molar-refractivity contribution in [3.63, 3.8) is 0 Å². The molecule has 3 aromatic rings. The molecule has 110 valence electrons. The van der Waals surface area contributed by atoms with Crippen LogP contribution in [0.3, 0.4) is 0 Å². The molecule has 2 aromatic carbocycles. The highest BCUT2D eigenvalue weighted by molar-refractivity contribution is 9.10. The molecular formula is C18H15BrN2O. The third kappa shape index (κ3) is 3.02. The fraction of sp³-hybridized carbons (Fsp3) is 0.111. The van der Waals surface area contributed by atoms with Gasteiger partial charge in [-0.05, 0) is 67.4 Å². The molecule has 4 heteroatoms. The van der Waals surface area contributed by atoms with Gasteiger partial charge in [-0.2, -0.15) is 0 Å². The second-order valence-corrected chi connectivity index (χ2v) is 6.20. The maximum Gasteiger partial charge on any atom is 0.256 e. The summed E-state index contributed by atoms with van der Waals surface area (Å²) in [7, 11) is 0. The molecule has 3 rings (SSSR count). The molecule has 1 amide bonds. The van der Waals surface area contributed by atoms with Gasteiger partial charge in [-0.15, -0.1) is 0 Å². The summed E-state index contributed by atoms with van der Waals surface area (Å²) in [4.78, 5) is 16.8. The summed E-state index contributed by atoms with van der Waals surface area (Å²) >= 11 is 3.44. The monoisotopic (exact) mass is 354 g/mol. The molecule has 1 N–H and O–H groups in total. The van der Waals surface area contributed by atoms with Crippen molar-refractivity contribution in [1.82, 2.24) is 4.98 Å². The Hall–Kier alpha value is -2.20. The molecule has 0 bridgehead atoms. The smallest absolute Gasteiger partial charge is 0.256 e. The SMILES string of the molecule is Cc1ccc(C(=O)Nc2ccc3cc(Br)ccc3n2)cc1C. The van der Waals surface area contributed by atoms with E-state index in [9.17, 15) is 4.79 Å². The highest BCUT2D eigenvalue weighted by Gasteiger charge is 2.08. The van der Waals surface area contributed by atoms with E-state index in [1.807, 2.05) is 62.4 Å². The average Bonchev–Trinajstić information content (AvgIpc) is 2.50. The number of rotatable bonds is 2. The third-order valence-corrected chi connectivity index (χ3v) is 4.16. The lowest BCUT2D eigenvalue weighted by molar-refractivity contribution is 0.102. The van der Waals surface area contributed by atoms with Crippen LogP contribution in [0.2, 0.25) is 0 Å². The molecule has 0 saturated heterocycles. The van der Waals surface area contributed by atoms with E-state index >= 15 is 0 Å². The van der Waals surface area contributed by atoms with Gasteiger partial charge in [0.15, 0.2) is 0 Å². The molecular weight excluding hydrogens is 340 g/mol. The third-order valence-electron chi connectivity index (χ3n) is 3.66. The van der Waals surface area contributed by atoms with Crippen LogP contribution in [0.25, 0.3) is 10.9 Å². The van der Waals surface area contributed by atoms with Crippen LogP contribution in [0.5, 0.6) is 0 Å². The van der Waals surface area contributed by atoms with E-state index in [0.29, 0.717) is 11.4 Å². The standard InChI is InChI=1S/C18H15BrN2O/c1-11-3-4-14(9-12(11)2)18(22)21-17-8-5-13-10-15(19)6-7-16(13)20-17/h3-10H,1-2H3,(H,20,21,22). The minimum atomic E-state index is -0.146. The van der Waals surface area contributed by atoms with Crippen LogP contribution in [0.4, 0.5) is 5.82 Å². The molecule has 0 unspecified atom stereocenters. The molecule has 0 aliphatic carbocycles. The van der Waals surface area contributed by atoms with Crippen molar-refractivity contribution in [2.45, 2.75) is 13.8 Å². The van der Waals surface area contributed by atoms with Gasteiger partial charge in [0.25, 0.3) is 5.91 Å². The van der Waals surface area contributed by atoms with Gasteiger partial charge in [0.2, 0.25) is 0 Å². The number of nitrogens with zero attached hydrogens (tertiary/aromatic N) is 1. The molecule has 0 aliphatic rings. The fourth-order valence-corrected chi connectivity index (χ4v) is 2.62. The predicted octanol–water partition coefficient (Wildman–Crippen LogP) is 4.87. The number of carbonyl (C=O) groups excluding carboxylic acids is 1. The highest BCUT2D eigenvalue weighted by atomic mass is 79.9. The van der Waals surface area contributed by atoms with E-state index in [-0.39, 0.29) is 5.91 Å². The first kappa shape index (κ1) is 14.7. The average molecular weight is 355 g/mol. The first-order chi connectivity index (χ1) is 10.5. The lowest BCUT2D eigenvalue weighted by Crippen LogP contribution is -2.13. The summed E-state index contributed by atoms with van der Waals surface area (Å²) in [6, 6.07) is 15.3. The zero-order chi connectivity index (χ0) is 15.7. The Labute approximate surface area is 137 Å². The van der Waals surface area contributed by atoms with Gasteiger partial charge in [-0.1, -0.05) is 22.0 Å². The molecule has 1 aromatic heterocycles. The molecule has 0 fully saturated rings. The zero-order valence-electron chi connectivity index (χ0n) is 12.4. The largest absolute Gasteiger partial charge is 0.307 e. The van der Waals surface area contributed by atoms with Crippen molar-refractivity contribution < 1.29 is 4.79 Å². The number of carbonyl (C=O) groups is 1. The van der Waals surface area contributed by atoms with Crippen molar-refractivity contribution in [3.05, 3.63) is 69.7 Å². The van der Waals surface area contributed by atoms with Gasteiger partial charge in [0.1, 0.15) is 5.82 Å². The van der Waals surface area contributed by atoms with Crippen molar-refractivity contribution in [1.29, 1.82) is 0 Å². The molecule has 3 nitrogen and oxygen atoms in total. The maximum atomic E-state index is 12.3. The lowest BCUT2D eigenvalue weighted by atomic mass is 10.1. The lowest BCUT2D eigenvalue weighted by Gasteiger charge is -2.07. The number of hydrogen-bond donors (Lipinski definition) is 1. The van der Waals surface area contributed by atoms with Gasteiger partial charge in [0.05, 0.1) is 5.52 Å². The molecule has 0 aliphatic heterocycles. The fourth-order valence-electron chi connectivity index (χ4n) is 2.24. The van der Waals surface area contributed by atoms with E-state index < -0.39 is 0 Å². The van der Waals surface area contributed by atoms with Gasteiger partial charge in [-0.25, -0.2) is 4.98 Å². The number of fused-ring (bicyclic) bond motifs is 1. The summed E-state index contributed by atoms with van der Waals surface area (Å²) in [5.41, 5.74) is 3.76. The molecule has 22 heavy (non-hydrogen) atoms. The Morgan fingerprint density at radius 2 is 1.82 bits per heavy atom. The van der Waals surface area contributed by atoms with Crippen LogP contribution in [0.1, 0.15) is 21.5 Å². The van der Waals surface area contributed by atoms with Crippen LogP contribution >= 0.6 is 15.9 Å². The van der Waals surface area contributed by atoms with Gasteiger partial charge >= 0.3 is 0 Å². The number of aryl methyl sites for hydroxylation is 2. The van der Waals surface area contributed by atoms with Crippen molar-refractivity contribution in [3.8, 4) is 0 Å². The van der Waals surface area contributed by atoms with Crippen LogP contribution in [-0.2, 0) is 0 Å². The first-order valence-electron chi connectivity index (χ1n) is 6.98. The van der Waals surface area contributed by atoms with E-state index in [1.54, 1.807) is 0 Å². The topological polar surface area (TPSA) is 42.0 Å². The first-order valence-corrected chi connectivity index (χ1v) is 7.77. The number of nitrogens with one attached hydrogen (secondary N) is 1. The summed E-state index contributed by atoms with van der Waals surface area (Å²) < 4.78 is 1.01. The summed E-state index contributed by atoms with van der Waals surface area (Å²) in [5, 5.41) is 3.88. The number of benzene rings is 2. The summed E-state index contributed by atoms with van der Waals surface area (Å²) in [5.74, 6) is 0.408. The second kappa shape index (κ2) is 5.89. The van der Waals surface area contributed by atoms with E-state index in [1.165, 1.54) is 5.56 Å². The van der Waals surface area contributed by atoms with Crippen molar-refractivity contribution in [2.75, 3.05) is 5.32 Å². The Kier molecular flexibility index (Phi) is 3.94. The minimum Gasteiger partial charge on any atom is -0.307 e. The number of pyridine rings is 1. The Morgan fingerprint density at radius 1 is 1.00 bits per heavy atom. The number of aromatic nitrogens is 1. The van der Waals surface area contributed by atoms with E-state index in [0.717, 1.165) is 20.9 Å². The summed E-state index contributed by atoms with van der Waals surface area (Å²) in [6.07, 6.45) is 0. The van der Waals surface area contributed by atoms with Gasteiger partial charge in [-0.3, -0.25) is 4.79 Å². The quantitative estimate of drug-likeness (QED) is 0.713. The second-order valence-electron chi connectivity index (χ2n) is 5.29. The zero-order valence-corrected chi connectivity index (χ0v) is 13.9. The maximum absolute atomic E-state index is 12.3. The van der Waals surface area contributed by atoms with Crippen molar-refractivity contribution >= 4 is 38.6 Å². The molecule has 0 saturated carbocycles. The van der Waals surface area contributed by atoms with Crippen LogP contribution < -0.4 is 5.32 Å². The Balaban J connectivity index is 1.87. The van der Waals surface area contributed by atoms with Crippen LogP contribution in [0.15, 0.2) is 53.0 Å². The summed E-state index contributed by atoms with van der Waals surface area (Å²) in [6.45, 7) is 4.03. The van der Waals surface area contributed by atoms with Crippen molar-refractivity contribution in [2.24, 2.45) is 0 Å². The molecule has 0 radical (unpaired) electrons. The minimum absolute atomic E-state index is 0.146. The highest BCUT2D eigenvalue weighted by Crippen LogP contribution is 2.20. The number of anilines is 1. The predicted molar refractivity (Wildman–Crippen MR) is 93.3 cm³/mol. The normalized spacial score (nSPS) is 10.7. The van der Waals surface area contributed by atoms with Gasteiger partial charge < -0.3 is 5.32 Å². The molecule has 0 atom stereocenters. The number of hydrogen-bond acceptors (Lipinski definition) is 2. The molecule has 1 heterocycles.